The summed E-state index contributed by atoms with van der Waals surface area (Å²) < 4.78 is 10.7. The Balaban J connectivity index is 0.00000529. The third-order valence-corrected chi connectivity index (χ3v) is 3.21. The van der Waals surface area contributed by atoms with E-state index in [9.17, 15) is 5.11 Å². The number of ether oxygens (including phenoxy) is 2. The molecule has 1 aromatic rings. The van der Waals surface area contributed by atoms with Gasteiger partial charge in [-0.05, 0) is 19.4 Å². The predicted octanol–water partition coefficient (Wildman–Crippen LogP) is 1.94. The first-order valence-corrected chi connectivity index (χ1v) is 8.03. The molecule has 0 fully saturated rings. The van der Waals surface area contributed by atoms with E-state index in [2.05, 4.69) is 15.6 Å². The van der Waals surface area contributed by atoms with Crippen molar-refractivity contribution < 1.29 is 14.6 Å². The van der Waals surface area contributed by atoms with E-state index in [0.717, 1.165) is 12.1 Å². The van der Waals surface area contributed by atoms with Crippen LogP contribution in [0, 0.1) is 0 Å². The highest BCUT2D eigenvalue weighted by Crippen LogP contribution is 2.15. The lowest BCUT2D eigenvalue weighted by molar-refractivity contribution is 0.00111. The van der Waals surface area contributed by atoms with E-state index in [4.69, 9.17) is 9.47 Å². The molecular formula is C17H30IN3O3. The summed E-state index contributed by atoms with van der Waals surface area (Å²) in [5, 5.41) is 16.3. The number of nitrogens with zero attached hydrogens (tertiary/aromatic N) is 1. The first-order chi connectivity index (χ1) is 11.2. The quantitative estimate of drug-likeness (QED) is 0.220. The van der Waals surface area contributed by atoms with Crippen LogP contribution in [0.3, 0.4) is 0 Å². The fourth-order valence-electron chi connectivity index (χ4n) is 1.94. The second-order valence-corrected chi connectivity index (χ2v) is 5.18. The lowest BCUT2D eigenvalue weighted by Crippen LogP contribution is -2.39. The van der Waals surface area contributed by atoms with Crippen molar-refractivity contribution in [2.75, 3.05) is 40.0 Å². The predicted molar refractivity (Wildman–Crippen MR) is 108 cm³/mol. The Morgan fingerprint density at radius 2 is 1.96 bits per heavy atom. The number of hydrogen-bond acceptors (Lipinski definition) is 4. The number of guanidine groups is 1. The van der Waals surface area contributed by atoms with Gasteiger partial charge < -0.3 is 25.2 Å². The van der Waals surface area contributed by atoms with Gasteiger partial charge in [0.15, 0.2) is 5.96 Å². The zero-order chi connectivity index (χ0) is 16.9. The number of methoxy groups -OCH3 is 1. The highest BCUT2D eigenvalue weighted by Gasteiger charge is 2.09. The third kappa shape index (κ3) is 10.1. The van der Waals surface area contributed by atoms with Crippen LogP contribution >= 0.6 is 24.0 Å². The van der Waals surface area contributed by atoms with Crippen molar-refractivity contribution in [1.29, 1.82) is 0 Å². The van der Waals surface area contributed by atoms with Crippen LogP contribution in [0.2, 0.25) is 0 Å². The van der Waals surface area contributed by atoms with Crippen molar-refractivity contribution in [2.45, 2.75) is 26.1 Å². The maximum atomic E-state index is 10.0. The van der Waals surface area contributed by atoms with Crippen molar-refractivity contribution in [3.63, 3.8) is 0 Å². The Labute approximate surface area is 162 Å². The molecular weight excluding hydrogens is 421 g/mol. The first kappa shape index (κ1) is 23.1. The number of nitrogens with one attached hydrogen (secondary N) is 2. The van der Waals surface area contributed by atoms with Gasteiger partial charge in [0.25, 0.3) is 0 Å². The summed E-state index contributed by atoms with van der Waals surface area (Å²) in [5.74, 6) is 0.666. The smallest absolute Gasteiger partial charge is 0.191 e. The van der Waals surface area contributed by atoms with E-state index in [-0.39, 0.29) is 43.2 Å². The van der Waals surface area contributed by atoms with Crippen molar-refractivity contribution in [3.05, 3.63) is 35.9 Å². The molecule has 0 spiro atoms. The molecule has 3 N–H and O–H groups in total. The third-order valence-electron chi connectivity index (χ3n) is 3.21. The average Bonchev–Trinajstić information content (AvgIpc) is 2.58. The van der Waals surface area contributed by atoms with E-state index >= 15 is 0 Å². The molecule has 1 aromatic carbocycles. The largest absolute Gasteiger partial charge is 0.389 e. The number of aliphatic hydroxyl groups excluding tert-OH is 1. The molecule has 0 radical (unpaired) electrons. The standard InChI is InChI=1S/C17H29N3O3.HI/c1-4-18-17(19-10-11-22-3)20-12-16(21)13-23-14(2)15-8-6-5-7-9-15;/h5-9,14,16,21H,4,10-13H2,1-3H3,(H2,18,19,20);1H. The van der Waals surface area contributed by atoms with Crippen LogP contribution in [0.5, 0.6) is 0 Å². The van der Waals surface area contributed by atoms with Crippen LogP contribution in [0.15, 0.2) is 35.3 Å². The van der Waals surface area contributed by atoms with Crippen molar-refractivity contribution in [3.8, 4) is 0 Å². The molecule has 6 nitrogen and oxygen atoms in total. The van der Waals surface area contributed by atoms with Gasteiger partial charge in [0.2, 0.25) is 0 Å². The van der Waals surface area contributed by atoms with E-state index in [1.165, 1.54) is 0 Å². The monoisotopic (exact) mass is 451 g/mol. The number of aliphatic hydroxyl groups is 1. The topological polar surface area (TPSA) is 75.1 Å². The van der Waals surface area contributed by atoms with Crippen LogP contribution in [-0.2, 0) is 9.47 Å². The number of benzene rings is 1. The number of hydrogen-bond donors (Lipinski definition) is 3. The maximum absolute atomic E-state index is 10.0. The van der Waals surface area contributed by atoms with E-state index in [1.807, 2.05) is 44.2 Å². The van der Waals surface area contributed by atoms with Crippen LogP contribution in [0.4, 0.5) is 0 Å². The summed E-state index contributed by atoms with van der Waals surface area (Å²) in [5.41, 5.74) is 1.10. The summed E-state index contributed by atoms with van der Waals surface area (Å²) in [7, 11) is 1.65. The fraction of sp³-hybridized carbons (Fsp3) is 0.588. The van der Waals surface area contributed by atoms with Crippen molar-refractivity contribution >= 4 is 29.9 Å². The molecule has 0 aliphatic carbocycles. The SMILES string of the molecule is CCNC(=NCC(O)COC(C)c1ccccc1)NCCOC.I. The average molecular weight is 451 g/mol. The molecule has 0 aliphatic heterocycles. The first-order valence-electron chi connectivity index (χ1n) is 8.03. The summed E-state index contributed by atoms with van der Waals surface area (Å²) in [4.78, 5) is 4.34. The zero-order valence-corrected chi connectivity index (χ0v) is 17.0. The van der Waals surface area contributed by atoms with Gasteiger partial charge in [0, 0.05) is 20.2 Å². The Morgan fingerprint density at radius 1 is 1.25 bits per heavy atom. The van der Waals surface area contributed by atoms with Gasteiger partial charge in [-0.3, -0.25) is 4.99 Å². The van der Waals surface area contributed by atoms with E-state index in [0.29, 0.717) is 19.1 Å². The zero-order valence-electron chi connectivity index (χ0n) is 14.7. The van der Waals surface area contributed by atoms with E-state index < -0.39 is 6.10 Å². The second-order valence-electron chi connectivity index (χ2n) is 5.18. The number of aliphatic imine (C=N–C) groups is 1. The van der Waals surface area contributed by atoms with Gasteiger partial charge in [-0.2, -0.15) is 0 Å². The van der Waals surface area contributed by atoms with Gasteiger partial charge in [-0.1, -0.05) is 30.3 Å². The fourth-order valence-corrected chi connectivity index (χ4v) is 1.94. The van der Waals surface area contributed by atoms with Gasteiger partial charge >= 0.3 is 0 Å². The van der Waals surface area contributed by atoms with Crippen molar-refractivity contribution in [1.82, 2.24) is 10.6 Å². The molecule has 0 saturated heterocycles. The molecule has 0 saturated carbocycles. The summed E-state index contributed by atoms with van der Waals surface area (Å²) in [6, 6.07) is 9.95. The Morgan fingerprint density at radius 3 is 2.58 bits per heavy atom. The molecule has 0 heterocycles. The molecule has 2 atom stereocenters. The van der Waals surface area contributed by atoms with Crippen LogP contribution < -0.4 is 10.6 Å². The minimum Gasteiger partial charge on any atom is -0.389 e. The Bertz CT molecular complexity index is 446. The Kier molecular flexibility index (Phi) is 13.9. The van der Waals surface area contributed by atoms with Crippen molar-refractivity contribution in [2.24, 2.45) is 4.99 Å². The normalized spacial score (nSPS) is 13.8. The summed E-state index contributed by atoms with van der Waals surface area (Å²) in [6.07, 6.45) is -0.693. The molecule has 0 bridgehead atoms. The molecule has 0 amide bonds. The lowest BCUT2D eigenvalue weighted by atomic mass is 10.1. The summed E-state index contributed by atoms with van der Waals surface area (Å²) in [6.45, 7) is 6.53. The molecule has 7 heteroatoms. The van der Waals surface area contributed by atoms with Gasteiger partial charge in [-0.25, -0.2) is 0 Å². The number of halogens is 1. The lowest BCUT2D eigenvalue weighted by Gasteiger charge is -2.16. The highest BCUT2D eigenvalue weighted by molar-refractivity contribution is 14.0. The number of rotatable bonds is 10. The van der Waals surface area contributed by atoms with Crippen LogP contribution in [-0.4, -0.2) is 57.1 Å². The van der Waals surface area contributed by atoms with Gasteiger partial charge in [-0.15, -0.1) is 24.0 Å². The minimum absolute atomic E-state index is 0. The molecule has 0 aliphatic rings. The highest BCUT2D eigenvalue weighted by atomic mass is 127. The molecule has 0 aromatic heterocycles. The maximum Gasteiger partial charge on any atom is 0.191 e. The van der Waals surface area contributed by atoms with E-state index in [1.54, 1.807) is 7.11 Å². The molecule has 2 unspecified atom stereocenters. The molecule has 138 valence electrons. The summed E-state index contributed by atoms with van der Waals surface area (Å²) >= 11 is 0. The molecule has 24 heavy (non-hydrogen) atoms. The Hall–Kier alpha value is -0.900. The van der Waals surface area contributed by atoms with Crippen LogP contribution in [0.25, 0.3) is 0 Å². The van der Waals surface area contributed by atoms with Crippen LogP contribution in [0.1, 0.15) is 25.5 Å². The minimum atomic E-state index is -0.640. The molecule has 1 rings (SSSR count). The second kappa shape index (κ2) is 14.4. The van der Waals surface area contributed by atoms with Gasteiger partial charge in [0.05, 0.1) is 32.0 Å². The van der Waals surface area contributed by atoms with Gasteiger partial charge in [0.1, 0.15) is 0 Å².